The van der Waals surface area contributed by atoms with E-state index in [-0.39, 0.29) is 7.92 Å². The molecule has 2 aliphatic carbocycles. The zero-order valence-corrected chi connectivity index (χ0v) is 13.3. The van der Waals surface area contributed by atoms with Gasteiger partial charge in [-0.1, -0.05) is 79.7 Å². The summed E-state index contributed by atoms with van der Waals surface area (Å²) < 4.78 is 0. The van der Waals surface area contributed by atoms with Gasteiger partial charge in [-0.3, -0.25) is 0 Å². The molecule has 1 heteroatoms. The van der Waals surface area contributed by atoms with Gasteiger partial charge in [-0.2, -0.15) is 0 Å². The van der Waals surface area contributed by atoms with Gasteiger partial charge in [0.2, 0.25) is 0 Å². The lowest BCUT2D eigenvalue weighted by atomic mass is 9.95. The fraction of sp³-hybridized carbons (Fsp3) is 0.300. The summed E-state index contributed by atoms with van der Waals surface area (Å²) in [4.78, 5) is 0. The van der Waals surface area contributed by atoms with E-state index in [1.807, 2.05) is 0 Å². The highest BCUT2D eigenvalue weighted by Gasteiger charge is 2.46. The highest BCUT2D eigenvalue weighted by molar-refractivity contribution is 7.73. The number of hydrogen-bond acceptors (Lipinski definition) is 0. The van der Waals surface area contributed by atoms with E-state index in [0.717, 1.165) is 23.4 Å². The van der Waals surface area contributed by atoms with E-state index in [9.17, 15) is 0 Å². The number of fused-ring (bicyclic) bond motifs is 2. The molecule has 1 saturated carbocycles. The monoisotopic (exact) mass is 292 g/mol. The molecule has 0 radical (unpaired) electrons. The van der Waals surface area contributed by atoms with Crippen molar-refractivity contribution in [1.29, 1.82) is 0 Å². The fourth-order valence-corrected chi connectivity index (χ4v) is 7.41. The molecule has 0 aliphatic heterocycles. The first-order chi connectivity index (χ1) is 10.3. The van der Waals surface area contributed by atoms with Crippen LogP contribution in [0.1, 0.15) is 13.3 Å². The lowest BCUT2D eigenvalue weighted by Gasteiger charge is -2.34. The Morgan fingerprint density at radius 3 is 1.76 bits per heavy atom. The largest absolute Gasteiger partial charge is 0.0848 e. The van der Waals surface area contributed by atoms with Gasteiger partial charge in [0, 0.05) is 0 Å². The van der Waals surface area contributed by atoms with Crippen molar-refractivity contribution in [3.05, 3.63) is 72.8 Å². The molecule has 4 atom stereocenters. The van der Waals surface area contributed by atoms with Crippen molar-refractivity contribution in [2.24, 2.45) is 17.8 Å². The Hall–Kier alpha value is -1.39. The Labute approximate surface area is 128 Å². The van der Waals surface area contributed by atoms with Gasteiger partial charge < -0.3 is 0 Å². The average molecular weight is 292 g/mol. The molecule has 0 spiro atoms. The summed E-state index contributed by atoms with van der Waals surface area (Å²) in [6, 6.07) is 22.4. The van der Waals surface area contributed by atoms with Crippen LogP contribution in [0.4, 0.5) is 0 Å². The summed E-state index contributed by atoms with van der Waals surface area (Å²) >= 11 is 0. The summed E-state index contributed by atoms with van der Waals surface area (Å²) in [7, 11) is -0.257. The second kappa shape index (κ2) is 5.43. The summed E-state index contributed by atoms with van der Waals surface area (Å²) in [6.45, 7) is 2.47. The van der Waals surface area contributed by atoms with Gasteiger partial charge in [0.25, 0.3) is 0 Å². The Balaban J connectivity index is 1.80. The van der Waals surface area contributed by atoms with Crippen molar-refractivity contribution < 1.29 is 0 Å². The SMILES string of the molecule is C[C@@H]1C2C=CC(C2)C1P(c1ccccc1)c1ccccc1. The van der Waals surface area contributed by atoms with Crippen molar-refractivity contribution in [2.75, 3.05) is 0 Å². The maximum atomic E-state index is 2.50. The average Bonchev–Trinajstić information content (AvgIpc) is 3.13. The maximum Gasteiger partial charge on any atom is -0.00344 e. The Kier molecular flexibility index (Phi) is 3.43. The normalized spacial score (nSPS) is 30.2. The van der Waals surface area contributed by atoms with Gasteiger partial charge in [-0.15, -0.1) is 0 Å². The van der Waals surface area contributed by atoms with Gasteiger partial charge in [0.05, 0.1) is 0 Å². The molecule has 2 aliphatic rings. The van der Waals surface area contributed by atoms with E-state index >= 15 is 0 Å². The molecule has 0 amide bonds. The number of benzene rings is 2. The van der Waals surface area contributed by atoms with Crippen LogP contribution in [0.25, 0.3) is 0 Å². The van der Waals surface area contributed by atoms with E-state index in [1.54, 1.807) is 0 Å². The van der Waals surface area contributed by atoms with Gasteiger partial charge in [-0.25, -0.2) is 0 Å². The highest BCUT2D eigenvalue weighted by Crippen LogP contribution is 2.57. The van der Waals surface area contributed by atoms with Gasteiger partial charge in [-0.05, 0) is 48.4 Å². The molecule has 0 saturated heterocycles. The predicted molar refractivity (Wildman–Crippen MR) is 92.8 cm³/mol. The molecule has 4 rings (SSSR count). The Morgan fingerprint density at radius 2 is 1.29 bits per heavy atom. The van der Waals surface area contributed by atoms with Crippen LogP contribution in [0, 0.1) is 17.8 Å². The van der Waals surface area contributed by atoms with Crippen molar-refractivity contribution in [2.45, 2.75) is 19.0 Å². The Bertz CT molecular complexity index is 592. The molecule has 106 valence electrons. The van der Waals surface area contributed by atoms with Crippen LogP contribution in [-0.2, 0) is 0 Å². The van der Waals surface area contributed by atoms with Crippen LogP contribution in [0.15, 0.2) is 72.8 Å². The van der Waals surface area contributed by atoms with E-state index in [1.165, 1.54) is 17.0 Å². The molecule has 1 fully saturated rings. The van der Waals surface area contributed by atoms with Crippen molar-refractivity contribution in [1.82, 2.24) is 0 Å². The maximum absolute atomic E-state index is 2.50. The lowest BCUT2D eigenvalue weighted by molar-refractivity contribution is 0.501. The topological polar surface area (TPSA) is 0 Å². The van der Waals surface area contributed by atoms with Crippen LogP contribution in [0.2, 0.25) is 0 Å². The molecule has 3 unspecified atom stereocenters. The van der Waals surface area contributed by atoms with Crippen LogP contribution >= 0.6 is 7.92 Å². The standard InChI is InChI=1S/C20H21P/c1-15-16-12-13-17(14-16)20(15)21(18-8-4-2-5-9-18)19-10-6-3-7-11-19/h2-13,15-17,20H,14H2,1H3/t15-,16?,17?,20?/m1/s1. The third-order valence-corrected chi connectivity index (χ3v) is 8.33. The van der Waals surface area contributed by atoms with Crippen LogP contribution in [0.5, 0.6) is 0 Å². The minimum Gasteiger partial charge on any atom is -0.0848 e. The minimum atomic E-state index is -0.257. The van der Waals surface area contributed by atoms with E-state index < -0.39 is 0 Å². The first-order valence-corrected chi connectivity index (χ1v) is 9.33. The molecule has 0 heterocycles. The molecular formula is C20H21P. The molecule has 21 heavy (non-hydrogen) atoms. The second-order valence-electron chi connectivity index (χ2n) is 6.34. The number of allylic oxidation sites excluding steroid dienone is 2. The van der Waals surface area contributed by atoms with Crippen LogP contribution in [0.3, 0.4) is 0 Å². The molecule has 0 N–H and O–H groups in total. The fourth-order valence-electron chi connectivity index (χ4n) is 4.14. The Morgan fingerprint density at radius 1 is 0.762 bits per heavy atom. The first kappa shape index (κ1) is 13.3. The third kappa shape index (κ3) is 2.27. The molecule has 0 aromatic heterocycles. The molecule has 2 bridgehead atoms. The molecule has 2 aromatic rings. The summed E-state index contributed by atoms with van der Waals surface area (Å²) in [5.41, 5.74) is 0.805. The third-order valence-electron chi connectivity index (χ3n) is 5.17. The minimum absolute atomic E-state index is 0.257. The molecule has 0 nitrogen and oxygen atoms in total. The van der Waals surface area contributed by atoms with Crippen molar-refractivity contribution >= 4 is 18.5 Å². The van der Waals surface area contributed by atoms with Gasteiger partial charge in [0.1, 0.15) is 0 Å². The van der Waals surface area contributed by atoms with E-state index in [2.05, 4.69) is 79.7 Å². The molecular weight excluding hydrogens is 271 g/mol. The lowest BCUT2D eigenvalue weighted by Crippen LogP contribution is -2.29. The molecule has 2 aromatic carbocycles. The van der Waals surface area contributed by atoms with Crippen LogP contribution < -0.4 is 10.6 Å². The van der Waals surface area contributed by atoms with Crippen LogP contribution in [-0.4, -0.2) is 5.66 Å². The van der Waals surface area contributed by atoms with Crippen molar-refractivity contribution in [3.63, 3.8) is 0 Å². The highest BCUT2D eigenvalue weighted by atomic mass is 31.1. The van der Waals surface area contributed by atoms with Crippen molar-refractivity contribution in [3.8, 4) is 0 Å². The van der Waals surface area contributed by atoms with E-state index in [4.69, 9.17) is 0 Å². The second-order valence-corrected chi connectivity index (χ2v) is 8.71. The zero-order valence-electron chi connectivity index (χ0n) is 12.4. The smallest absolute Gasteiger partial charge is 0.00344 e. The summed E-state index contributed by atoms with van der Waals surface area (Å²) in [6.07, 6.45) is 6.34. The summed E-state index contributed by atoms with van der Waals surface area (Å²) in [5, 5.41) is 3.08. The summed E-state index contributed by atoms with van der Waals surface area (Å²) in [5.74, 6) is 2.42. The van der Waals surface area contributed by atoms with Gasteiger partial charge >= 0.3 is 0 Å². The first-order valence-electron chi connectivity index (χ1n) is 7.92. The van der Waals surface area contributed by atoms with Gasteiger partial charge in [0.15, 0.2) is 0 Å². The number of hydrogen-bond donors (Lipinski definition) is 0. The predicted octanol–water partition coefficient (Wildman–Crippen LogP) is 4.33. The zero-order chi connectivity index (χ0) is 14.2. The number of rotatable bonds is 3. The quantitative estimate of drug-likeness (QED) is 0.583. The van der Waals surface area contributed by atoms with E-state index in [0.29, 0.717) is 0 Å².